The van der Waals surface area contributed by atoms with E-state index in [-0.39, 0.29) is 0 Å². The average Bonchev–Trinajstić information content (AvgIpc) is 2.19. The Morgan fingerprint density at radius 1 is 1.07 bits per heavy atom. The maximum Gasteiger partial charge on any atom is 0.143 e. The molecule has 0 unspecified atom stereocenters. The van der Waals surface area contributed by atoms with Gasteiger partial charge in [-0.25, -0.2) is 4.98 Å². The first kappa shape index (κ1) is 9.02. The third-order valence-corrected chi connectivity index (χ3v) is 2.51. The van der Waals surface area contributed by atoms with Crippen LogP contribution >= 0.6 is 11.8 Å². The van der Waals surface area contributed by atoms with Crippen LogP contribution in [0.2, 0.25) is 0 Å². The van der Waals surface area contributed by atoms with Crippen LogP contribution in [0.4, 0.5) is 5.82 Å². The third kappa shape index (κ3) is 2.23. The zero-order valence-corrected chi connectivity index (χ0v) is 8.24. The number of nitrogens with zero attached hydrogens (tertiary/aromatic N) is 2. The van der Waals surface area contributed by atoms with Gasteiger partial charge in [-0.3, -0.25) is 4.98 Å². The highest BCUT2D eigenvalue weighted by atomic mass is 32.2. The van der Waals surface area contributed by atoms with Crippen LogP contribution in [0.15, 0.2) is 52.6 Å². The Kier molecular flexibility index (Phi) is 2.65. The maximum absolute atomic E-state index is 5.53. The second kappa shape index (κ2) is 4.11. The van der Waals surface area contributed by atoms with Crippen molar-refractivity contribution in [3.63, 3.8) is 0 Å². The number of rotatable bonds is 2. The topological polar surface area (TPSA) is 51.8 Å². The summed E-state index contributed by atoms with van der Waals surface area (Å²) >= 11 is 1.55. The number of aromatic nitrogens is 2. The lowest BCUT2D eigenvalue weighted by Crippen LogP contribution is -1.91. The van der Waals surface area contributed by atoms with Gasteiger partial charge in [-0.2, -0.15) is 0 Å². The average molecular weight is 203 g/mol. The molecule has 0 bridgehead atoms. The molecule has 3 nitrogen and oxygen atoms in total. The van der Waals surface area contributed by atoms with E-state index in [4.69, 9.17) is 5.73 Å². The lowest BCUT2D eigenvalue weighted by atomic mass is 10.4. The summed E-state index contributed by atoms with van der Waals surface area (Å²) in [5, 5.41) is 0.816. The van der Waals surface area contributed by atoms with Crippen molar-refractivity contribution in [1.82, 2.24) is 9.97 Å². The summed E-state index contributed by atoms with van der Waals surface area (Å²) in [6, 6.07) is 10.0. The van der Waals surface area contributed by atoms with Gasteiger partial charge in [0.25, 0.3) is 0 Å². The van der Waals surface area contributed by atoms with Crippen molar-refractivity contribution in [3.05, 3.63) is 42.7 Å². The predicted molar refractivity (Wildman–Crippen MR) is 57.0 cm³/mol. The van der Waals surface area contributed by atoms with Gasteiger partial charge < -0.3 is 5.73 Å². The van der Waals surface area contributed by atoms with Gasteiger partial charge >= 0.3 is 0 Å². The summed E-state index contributed by atoms with van der Waals surface area (Å²) < 4.78 is 0. The Bertz CT molecular complexity index is 417. The van der Waals surface area contributed by atoms with Crippen molar-refractivity contribution >= 4 is 17.6 Å². The Morgan fingerprint density at radius 2 is 1.86 bits per heavy atom. The molecule has 0 fully saturated rings. The normalized spacial score (nSPS) is 10.0. The van der Waals surface area contributed by atoms with E-state index in [1.807, 2.05) is 30.3 Å². The van der Waals surface area contributed by atoms with Crippen LogP contribution in [0.3, 0.4) is 0 Å². The van der Waals surface area contributed by atoms with Crippen LogP contribution in [0.5, 0.6) is 0 Å². The smallest absolute Gasteiger partial charge is 0.143 e. The number of benzene rings is 1. The Hall–Kier alpha value is -1.55. The fourth-order valence-corrected chi connectivity index (χ4v) is 1.82. The standard InChI is InChI=1S/C10H9N3S/c11-9-6-12-7-10(13-9)14-8-4-2-1-3-5-8/h1-7H,(H2,11,13). The van der Waals surface area contributed by atoms with Crippen LogP contribution < -0.4 is 5.73 Å². The van der Waals surface area contributed by atoms with Crippen molar-refractivity contribution in [2.45, 2.75) is 9.92 Å². The van der Waals surface area contributed by atoms with E-state index < -0.39 is 0 Å². The van der Waals surface area contributed by atoms with E-state index in [1.54, 1.807) is 18.0 Å². The molecule has 0 amide bonds. The number of nitrogen functional groups attached to an aromatic ring is 1. The van der Waals surface area contributed by atoms with Gasteiger partial charge in [-0.1, -0.05) is 30.0 Å². The lowest BCUT2D eigenvalue weighted by molar-refractivity contribution is 1.07. The molecule has 0 saturated heterocycles. The van der Waals surface area contributed by atoms with Crippen LogP contribution in [0.25, 0.3) is 0 Å². The van der Waals surface area contributed by atoms with Crippen molar-refractivity contribution in [2.75, 3.05) is 5.73 Å². The molecule has 1 aromatic carbocycles. The van der Waals surface area contributed by atoms with Gasteiger partial charge in [-0.05, 0) is 12.1 Å². The molecule has 2 N–H and O–H groups in total. The minimum absolute atomic E-state index is 0.450. The van der Waals surface area contributed by atoms with Gasteiger partial charge in [-0.15, -0.1) is 0 Å². The SMILES string of the molecule is Nc1cncc(Sc2ccccc2)n1. The molecule has 1 aromatic heterocycles. The summed E-state index contributed by atoms with van der Waals surface area (Å²) in [5.41, 5.74) is 5.53. The molecule has 0 spiro atoms. The quantitative estimate of drug-likeness (QED) is 0.813. The van der Waals surface area contributed by atoms with Crippen molar-refractivity contribution in [2.24, 2.45) is 0 Å². The van der Waals surface area contributed by atoms with E-state index >= 15 is 0 Å². The molecule has 2 aromatic rings. The van der Waals surface area contributed by atoms with E-state index in [1.165, 1.54) is 6.20 Å². The first-order chi connectivity index (χ1) is 6.84. The zero-order chi connectivity index (χ0) is 9.80. The molecule has 0 aliphatic carbocycles. The Balaban J connectivity index is 2.19. The highest BCUT2D eigenvalue weighted by Gasteiger charge is 1.98. The summed E-state index contributed by atoms with van der Waals surface area (Å²) in [7, 11) is 0. The number of anilines is 1. The third-order valence-electron chi connectivity index (χ3n) is 1.60. The van der Waals surface area contributed by atoms with Crippen LogP contribution in [-0.4, -0.2) is 9.97 Å². The maximum atomic E-state index is 5.53. The Morgan fingerprint density at radius 3 is 2.57 bits per heavy atom. The molecule has 2 rings (SSSR count). The summed E-state index contributed by atoms with van der Waals surface area (Å²) in [5.74, 6) is 0.450. The van der Waals surface area contributed by atoms with Crippen LogP contribution in [0.1, 0.15) is 0 Å². The highest BCUT2D eigenvalue weighted by molar-refractivity contribution is 7.99. The number of hydrogen-bond donors (Lipinski definition) is 1. The van der Waals surface area contributed by atoms with Crippen LogP contribution in [-0.2, 0) is 0 Å². The molecule has 1 heterocycles. The second-order valence-electron chi connectivity index (χ2n) is 2.70. The van der Waals surface area contributed by atoms with E-state index in [9.17, 15) is 0 Å². The second-order valence-corrected chi connectivity index (χ2v) is 3.79. The molecule has 0 saturated carbocycles. The number of nitrogens with two attached hydrogens (primary N) is 1. The first-order valence-electron chi connectivity index (χ1n) is 4.15. The van der Waals surface area contributed by atoms with Crippen LogP contribution in [0, 0.1) is 0 Å². The molecule has 70 valence electrons. The van der Waals surface area contributed by atoms with E-state index in [2.05, 4.69) is 9.97 Å². The molecular formula is C10H9N3S. The van der Waals surface area contributed by atoms with Crippen molar-refractivity contribution in [3.8, 4) is 0 Å². The predicted octanol–water partition coefficient (Wildman–Crippen LogP) is 2.21. The number of hydrogen-bond acceptors (Lipinski definition) is 4. The minimum Gasteiger partial charge on any atom is -0.382 e. The van der Waals surface area contributed by atoms with E-state index in [0.29, 0.717) is 5.82 Å². The van der Waals surface area contributed by atoms with Gasteiger partial charge in [0, 0.05) is 4.90 Å². The molecule has 0 aliphatic rings. The molecule has 14 heavy (non-hydrogen) atoms. The summed E-state index contributed by atoms with van der Waals surface area (Å²) in [4.78, 5) is 9.25. The Labute approximate surface area is 86.4 Å². The van der Waals surface area contributed by atoms with Gasteiger partial charge in [0.15, 0.2) is 0 Å². The summed E-state index contributed by atoms with van der Waals surface area (Å²) in [6.07, 6.45) is 3.24. The van der Waals surface area contributed by atoms with Crippen molar-refractivity contribution < 1.29 is 0 Å². The monoisotopic (exact) mass is 203 g/mol. The summed E-state index contributed by atoms with van der Waals surface area (Å²) in [6.45, 7) is 0. The van der Waals surface area contributed by atoms with Gasteiger partial charge in [0.1, 0.15) is 10.8 Å². The lowest BCUT2D eigenvalue weighted by Gasteiger charge is -1.99. The largest absolute Gasteiger partial charge is 0.382 e. The minimum atomic E-state index is 0.450. The van der Waals surface area contributed by atoms with Gasteiger partial charge in [0.2, 0.25) is 0 Å². The fraction of sp³-hybridized carbons (Fsp3) is 0. The molecule has 4 heteroatoms. The first-order valence-corrected chi connectivity index (χ1v) is 4.97. The molecule has 0 atom stereocenters. The van der Waals surface area contributed by atoms with E-state index in [0.717, 1.165) is 9.92 Å². The molecule has 0 radical (unpaired) electrons. The molecular weight excluding hydrogens is 194 g/mol. The zero-order valence-electron chi connectivity index (χ0n) is 7.42. The molecule has 0 aliphatic heterocycles. The fourth-order valence-electron chi connectivity index (χ4n) is 1.02. The highest BCUT2D eigenvalue weighted by Crippen LogP contribution is 2.24. The van der Waals surface area contributed by atoms with Gasteiger partial charge in [0.05, 0.1) is 12.4 Å². The van der Waals surface area contributed by atoms with Crippen molar-refractivity contribution in [1.29, 1.82) is 0 Å².